The molecule has 0 saturated carbocycles. The SMILES string of the molecule is CCCCC(=O)Nc1cc(C)ccc1N. The summed E-state index contributed by atoms with van der Waals surface area (Å²) in [5, 5.41) is 2.82. The first kappa shape index (κ1) is 11.6. The number of rotatable bonds is 4. The number of nitrogens with one attached hydrogen (secondary N) is 1. The number of unbranched alkanes of at least 4 members (excludes halogenated alkanes) is 1. The quantitative estimate of drug-likeness (QED) is 0.744. The second kappa shape index (κ2) is 5.39. The molecule has 0 aliphatic rings. The Morgan fingerprint density at radius 2 is 2.20 bits per heavy atom. The third kappa shape index (κ3) is 3.62. The van der Waals surface area contributed by atoms with Crippen LogP contribution >= 0.6 is 0 Å². The first-order chi connectivity index (χ1) is 7.13. The van der Waals surface area contributed by atoms with Crippen LogP contribution in [0.4, 0.5) is 11.4 Å². The van der Waals surface area contributed by atoms with Crippen LogP contribution in [-0.2, 0) is 4.79 Å². The largest absolute Gasteiger partial charge is 0.397 e. The molecule has 3 nitrogen and oxygen atoms in total. The number of benzene rings is 1. The fourth-order valence-electron chi connectivity index (χ4n) is 1.33. The molecule has 0 aliphatic heterocycles. The van der Waals surface area contributed by atoms with E-state index in [2.05, 4.69) is 12.2 Å². The Labute approximate surface area is 90.7 Å². The molecule has 0 aromatic heterocycles. The number of aryl methyl sites for hydroxylation is 1. The minimum atomic E-state index is 0.0363. The van der Waals surface area contributed by atoms with Crippen LogP contribution in [0.15, 0.2) is 18.2 Å². The van der Waals surface area contributed by atoms with Gasteiger partial charge in [-0.1, -0.05) is 19.4 Å². The van der Waals surface area contributed by atoms with Crippen molar-refractivity contribution in [2.45, 2.75) is 33.1 Å². The van der Waals surface area contributed by atoms with Crippen molar-refractivity contribution < 1.29 is 4.79 Å². The van der Waals surface area contributed by atoms with Gasteiger partial charge in [-0.15, -0.1) is 0 Å². The number of nitrogen functional groups attached to an aromatic ring is 1. The summed E-state index contributed by atoms with van der Waals surface area (Å²) in [6, 6.07) is 5.63. The van der Waals surface area contributed by atoms with E-state index < -0.39 is 0 Å². The van der Waals surface area contributed by atoms with Gasteiger partial charge in [0.2, 0.25) is 5.91 Å². The van der Waals surface area contributed by atoms with Crippen LogP contribution in [0.1, 0.15) is 31.7 Å². The topological polar surface area (TPSA) is 55.1 Å². The van der Waals surface area contributed by atoms with Gasteiger partial charge in [0.1, 0.15) is 0 Å². The Kier molecular flexibility index (Phi) is 4.16. The molecule has 3 N–H and O–H groups in total. The number of carbonyl (C=O) groups excluding carboxylic acids is 1. The van der Waals surface area contributed by atoms with Crippen molar-refractivity contribution in [3.8, 4) is 0 Å². The highest BCUT2D eigenvalue weighted by Gasteiger charge is 2.04. The molecule has 0 fully saturated rings. The Morgan fingerprint density at radius 1 is 1.47 bits per heavy atom. The molecule has 1 aromatic carbocycles. The van der Waals surface area contributed by atoms with Gasteiger partial charge < -0.3 is 11.1 Å². The van der Waals surface area contributed by atoms with Gasteiger partial charge in [-0.3, -0.25) is 4.79 Å². The molecule has 15 heavy (non-hydrogen) atoms. The van der Waals surface area contributed by atoms with E-state index in [1.165, 1.54) is 0 Å². The van der Waals surface area contributed by atoms with Gasteiger partial charge in [0, 0.05) is 6.42 Å². The second-order valence-electron chi connectivity index (χ2n) is 3.74. The average Bonchev–Trinajstić information content (AvgIpc) is 2.20. The zero-order chi connectivity index (χ0) is 11.3. The molecule has 3 heteroatoms. The minimum Gasteiger partial charge on any atom is -0.397 e. The zero-order valence-electron chi connectivity index (χ0n) is 9.34. The van der Waals surface area contributed by atoms with Gasteiger partial charge in [0.15, 0.2) is 0 Å². The van der Waals surface area contributed by atoms with E-state index >= 15 is 0 Å². The maximum Gasteiger partial charge on any atom is 0.224 e. The van der Waals surface area contributed by atoms with Gasteiger partial charge in [-0.25, -0.2) is 0 Å². The lowest BCUT2D eigenvalue weighted by Crippen LogP contribution is -2.12. The van der Waals surface area contributed by atoms with E-state index in [9.17, 15) is 4.79 Å². The van der Waals surface area contributed by atoms with Gasteiger partial charge in [0.25, 0.3) is 0 Å². The molecule has 1 amide bonds. The van der Waals surface area contributed by atoms with Crippen LogP contribution in [0.2, 0.25) is 0 Å². The summed E-state index contributed by atoms with van der Waals surface area (Å²) in [4.78, 5) is 11.5. The van der Waals surface area contributed by atoms with Crippen LogP contribution in [-0.4, -0.2) is 5.91 Å². The summed E-state index contributed by atoms with van der Waals surface area (Å²) in [7, 11) is 0. The monoisotopic (exact) mass is 206 g/mol. The first-order valence-electron chi connectivity index (χ1n) is 5.29. The molecule has 82 valence electrons. The molecule has 0 atom stereocenters. The van der Waals surface area contributed by atoms with Gasteiger partial charge in [0.05, 0.1) is 11.4 Å². The summed E-state index contributed by atoms with van der Waals surface area (Å²) < 4.78 is 0. The number of hydrogen-bond donors (Lipinski definition) is 2. The normalized spacial score (nSPS) is 10.0. The van der Waals surface area contributed by atoms with Crippen LogP contribution in [0.3, 0.4) is 0 Å². The molecule has 0 unspecified atom stereocenters. The zero-order valence-corrected chi connectivity index (χ0v) is 9.34. The summed E-state index contributed by atoms with van der Waals surface area (Å²) in [6.45, 7) is 4.04. The molecular weight excluding hydrogens is 188 g/mol. The number of carbonyl (C=O) groups is 1. The molecule has 0 heterocycles. The summed E-state index contributed by atoms with van der Waals surface area (Å²) in [5.41, 5.74) is 8.18. The maximum absolute atomic E-state index is 11.5. The fraction of sp³-hybridized carbons (Fsp3) is 0.417. The first-order valence-corrected chi connectivity index (χ1v) is 5.29. The van der Waals surface area contributed by atoms with Crippen molar-refractivity contribution in [3.63, 3.8) is 0 Å². The fourth-order valence-corrected chi connectivity index (χ4v) is 1.33. The molecular formula is C12H18N2O. The summed E-state index contributed by atoms with van der Waals surface area (Å²) >= 11 is 0. The van der Waals surface area contributed by atoms with Crippen molar-refractivity contribution in [1.82, 2.24) is 0 Å². The maximum atomic E-state index is 11.5. The van der Waals surface area contributed by atoms with Gasteiger partial charge in [-0.05, 0) is 31.0 Å². The number of hydrogen-bond acceptors (Lipinski definition) is 2. The molecule has 0 saturated heterocycles. The van der Waals surface area contributed by atoms with Crippen LogP contribution in [0, 0.1) is 6.92 Å². The number of amides is 1. The third-order valence-electron chi connectivity index (χ3n) is 2.24. The second-order valence-corrected chi connectivity index (χ2v) is 3.74. The number of nitrogens with two attached hydrogens (primary N) is 1. The minimum absolute atomic E-state index is 0.0363. The van der Waals surface area contributed by atoms with E-state index in [-0.39, 0.29) is 5.91 Å². The van der Waals surface area contributed by atoms with Crippen molar-refractivity contribution in [2.24, 2.45) is 0 Å². The van der Waals surface area contributed by atoms with E-state index in [4.69, 9.17) is 5.73 Å². The van der Waals surface area contributed by atoms with Crippen LogP contribution < -0.4 is 11.1 Å². The molecule has 0 spiro atoms. The Balaban J connectivity index is 2.63. The van der Waals surface area contributed by atoms with Crippen molar-refractivity contribution in [1.29, 1.82) is 0 Å². The van der Waals surface area contributed by atoms with E-state index in [1.54, 1.807) is 0 Å². The lowest BCUT2D eigenvalue weighted by atomic mass is 10.2. The van der Waals surface area contributed by atoms with Gasteiger partial charge >= 0.3 is 0 Å². The Bertz CT molecular complexity index is 347. The lowest BCUT2D eigenvalue weighted by molar-refractivity contribution is -0.116. The summed E-state index contributed by atoms with van der Waals surface area (Å²) in [5.74, 6) is 0.0363. The van der Waals surface area contributed by atoms with Crippen LogP contribution in [0.5, 0.6) is 0 Å². The highest BCUT2D eigenvalue weighted by atomic mass is 16.1. The lowest BCUT2D eigenvalue weighted by Gasteiger charge is -2.08. The van der Waals surface area contributed by atoms with Crippen LogP contribution in [0.25, 0.3) is 0 Å². The van der Waals surface area contributed by atoms with E-state index in [0.717, 1.165) is 24.1 Å². The predicted molar refractivity (Wildman–Crippen MR) is 63.7 cm³/mol. The highest BCUT2D eigenvalue weighted by molar-refractivity contribution is 5.93. The molecule has 0 aliphatic carbocycles. The molecule has 0 bridgehead atoms. The van der Waals surface area contributed by atoms with Crippen molar-refractivity contribution in [2.75, 3.05) is 11.1 Å². The Hall–Kier alpha value is -1.51. The third-order valence-corrected chi connectivity index (χ3v) is 2.24. The van der Waals surface area contributed by atoms with Gasteiger partial charge in [-0.2, -0.15) is 0 Å². The standard InChI is InChI=1S/C12H18N2O/c1-3-4-5-12(15)14-11-8-9(2)6-7-10(11)13/h6-8H,3-5,13H2,1-2H3,(H,14,15). The van der Waals surface area contributed by atoms with E-state index in [1.807, 2.05) is 25.1 Å². The number of anilines is 2. The van der Waals surface area contributed by atoms with Crippen molar-refractivity contribution in [3.05, 3.63) is 23.8 Å². The van der Waals surface area contributed by atoms with E-state index in [0.29, 0.717) is 12.1 Å². The average molecular weight is 206 g/mol. The van der Waals surface area contributed by atoms with Crippen molar-refractivity contribution >= 4 is 17.3 Å². The molecule has 1 rings (SSSR count). The molecule has 1 aromatic rings. The summed E-state index contributed by atoms with van der Waals surface area (Å²) in [6.07, 6.45) is 2.50. The molecule has 0 radical (unpaired) electrons. The highest BCUT2D eigenvalue weighted by Crippen LogP contribution is 2.19. The smallest absolute Gasteiger partial charge is 0.224 e. The Morgan fingerprint density at radius 3 is 2.87 bits per heavy atom. The predicted octanol–water partition coefficient (Wildman–Crippen LogP) is 2.71.